The Bertz CT molecular complexity index is 390. The van der Waals surface area contributed by atoms with Gasteiger partial charge in [0, 0.05) is 0 Å². The van der Waals surface area contributed by atoms with Crippen LogP contribution in [0.15, 0.2) is 40.3 Å². The van der Waals surface area contributed by atoms with E-state index >= 15 is 0 Å². The van der Waals surface area contributed by atoms with Crippen molar-refractivity contribution in [2.45, 2.75) is 12.5 Å². The highest BCUT2D eigenvalue weighted by molar-refractivity contribution is 7.78. The van der Waals surface area contributed by atoms with E-state index in [0.29, 0.717) is 6.54 Å². The first-order valence-electron chi connectivity index (χ1n) is 4.51. The van der Waals surface area contributed by atoms with Crippen LogP contribution in [0.3, 0.4) is 0 Å². The van der Waals surface area contributed by atoms with E-state index in [1.807, 2.05) is 30.3 Å². The van der Waals surface area contributed by atoms with Crippen LogP contribution in [0.2, 0.25) is 0 Å². The van der Waals surface area contributed by atoms with Crippen molar-refractivity contribution in [2.24, 2.45) is 9.98 Å². The Labute approximate surface area is 99.8 Å². The van der Waals surface area contributed by atoms with Crippen LogP contribution in [0, 0.1) is 0 Å². The van der Waals surface area contributed by atoms with Crippen LogP contribution in [-0.4, -0.2) is 22.9 Å². The van der Waals surface area contributed by atoms with Gasteiger partial charge >= 0.3 is 0 Å². The second kappa shape index (κ2) is 7.16. The summed E-state index contributed by atoms with van der Waals surface area (Å²) in [5, 5.41) is 4.71. The van der Waals surface area contributed by atoms with Gasteiger partial charge in [-0.3, -0.25) is 0 Å². The first kappa shape index (κ1) is 11.9. The molecule has 0 spiro atoms. The molecule has 1 rings (SSSR count). The zero-order valence-corrected chi connectivity index (χ0v) is 9.72. The van der Waals surface area contributed by atoms with Gasteiger partial charge in [-0.2, -0.15) is 0 Å². The van der Waals surface area contributed by atoms with Crippen LogP contribution in [0.25, 0.3) is 0 Å². The fraction of sp³-hybridized carbons (Fsp3) is 0.273. The predicted molar refractivity (Wildman–Crippen MR) is 68.9 cm³/mol. The van der Waals surface area contributed by atoms with E-state index in [4.69, 9.17) is 0 Å². The molecule has 0 bridgehead atoms. The Morgan fingerprint density at radius 3 is 2.47 bits per heavy atom. The summed E-state index contributed by atoms with van der Waals surface area (Å²) in [6.07, 6.45) is 0.797. The molecule has 0 aromatic heterocycles. The predicted octanol–water partition coefficient (Wildman–Crippen LogP) is 2.80. The first-order valence-corrected chi connectivity index (χ1v) is 5.33. The van der Waals surface area contributed by atoms with Gasteiger partial charge in [0.15, 0.2) is 0 Å². The molecule has 1 atom stereocenters. The third kappa shape index (κ3) is 4.73. The number of isothiocyanates is 2. The van der Waals surface area contributed by atoms with Crippen LogP contribution in [0.5, 0.6) is 0 Å². The highest BCUT2D eigenvalue weighted by Gasteiger charge is 2.06. The summed E-state index contributed by atoms with van der Waals surface area (Å²) in [5.41, 5.74) is 1.20. The van der Waals surface area contributed by atoms with Crippen molar-refractivity contribution in [3.05, 3.63) is 35.9 Å². The summed E-state index contributed by atoms with van der Waals surface area (Å²) < 4.78 is 0. The fourth-order valence-electron chi connectivity index (χ4n) is 1.25. The normalized spacial score (nSPS) is 10.9. The van der Waals surface area contributed by atoms with Crippen molar-refractivity contribution in [1.29, 1.82) is 0 Å². The van der Waals surface area contributed by atoms with Gasteiger partial charge in [-0.15, -0.1) is 0 Å². The van der Waals surface area contributed by atoms with Gasteiger partial charge in [-0.05, 0) is 36.4 Å². The van der Waals surface area contributed by atoms with E-state index in [0.717, 1.165) is 6.42 Å². The van der Waals surface area contributed by atoms with E-state index in [1.165, 1.54) is 5.56 Å². The fourth-order valence-corrected chi connectivity index (χ4v) is 1.48. The standard InChI is InChI=1S/C11H10N2S2/c14-8-12-7-11(13-9-15)6-10-4-2-1-3-5-10/h1-5,11H,6-7H2. The molecule has 0 amide bonds. The highest BCUT2D eigenvalue weighted by atomic mass is 32.1. The lowest BCUT2D eigenvalue weighted by atomic mass is 10.1. The Kier molecular flexibility index (Phi) is 5.67. The lowest BCUT2D eigenvalue weighted by Gasteiger charge is -2.06. The average molecular weight is 234 g/mol. The smallest absolute Gasteiger partial charge is 0.0846 e. The molecule has 2 nitrogen and oxygen atoms in total. The van der Waals surface area contributed by atoms with Gasteiger partial charge in [0.2, 0.25) is 0 Å². The molecule has 0 saturated heterocycles. The van der Waals surface area contributed by atoms with Crippen LogP contribution in [0.4, 0.5) is 0 Å². The Morgan fingerprint density at radius 1 is 1.13 bits per heavy atom. The largest absolute Gasteiger partial charge is 0.230 e. The molecule has 0 radical (unpaired) electrons. The SMILES string of the molecule is S=C=NCC(Cc1ccccc1)N=C=S. The van der Waals surface area contributed by atoms with Gasteiger partial charge in [-0.1, -0.05) is 30.3 Å². The monoisotopic (exact) mass is 234 g/mol. The number of rotatable bonds is 5. The molecule has 1 aromatic carbocycles. The second-order valence-electron chi connectivity index (χ2n) is 3.00. The molecule has 0 heterocycles. The molecule has 0 aliphatic heterocycles. The quantitative estimate of drug-likeness (QED) is 0.578. The average Bonchev–Trinajstić information content (AvgIpc) is 2.28. The molecule has 15 heavy (non-hydrogen) atoms. The van der Waals surface area contributed by atoms with Crippen molar-refractivity contribution < 1.29 is 0 Å². The Morgan fingerprint density at radius 2 is 1.87 bits per heavy atom. The molecular formula is C11H10N2S2. The van der Waals surface area contributed by atoms with Crippen molar-refractivity contribution >= 4 is 34.8 Å². The number of aliphatic imine (C=N–C) groups is 2. The van der Waals surface area contributed by atoms with Crippen LogP contribution >= 0.6 is 24.4 Å². The summed E-state index contributed by atoms with van der Waals surface area (Å²) in [6, 6.07) is 10.1. The summed E-state index contributed by atoms with van der Waals surface area (Å²) >= 11 is 9.10. The Hall–Kier alpha value is -1.18. The first-order chi connectivity index (χ1) is 7.36. The number of thiocarbonyl (C=S) groups is 2. The molecule has 1 aromatic rings. The van der Waals surface area contributed by atoms with Gasteiger partial charge in [0.25, 0.3) is 0 Å². The van der Waals surface area contributed by atoms with Crippen LogP contribution < -0.4 is 0 Å². The number of benzene rings is 1. The van der Waals surface area contributed by atoms with Crippen molar-refractivity contribution in [3.63, 3.8) is 0 Å². The van der Waals surface area contributed by atoms with Gasteiger partial charge in [-0.25, -0.2) is 9.98 Å². The minimum Gasteiger partial charge on any atom is -0.230 e. The molecule has 0 N–H and O–H groups in total. The van der Waals surface area contributed by atoms with Crippen LogP contribution in [0.1, 0.15) is 5.56 Å². The Balaban J connectivity index is 2.66. The molecule has 76 valence electrons. The molecule has 0 fully saturated rings. The summed E-state index contributed by atoms with van der Waals surface area (Å²) in [5.74, 6) is 0. The van der Waals surface area contributed by atoms with Crippen molar-refractivity contribution in [3.8, 4) is 0 Å². The number of nitrogens with zero attached hydrogens (tertiary/aromatic N) is 2. The minimum atomic E-state index is 0.0142. The maximum atomic E-state index is 4.59. The zero-order valence-electron chi connectivity index (χ0n) is 8.09. The van der Waals surface area contributed by atoms with Crippen LogP contribution in [-0.2, 0) is 6.42 Å². The number of hydrogen-bond donors (Lipinski definition) is 0. The van der Waals surface area contributed by atoms with Gasteiger partial charge in [0.1, 0.15) is 0 Å². The van der Waals surface area contributed by atoms with E-state index in [2.05, 4.69) is 44.7 Å². The van der Waals surface area contributed by atoms with E-state index in [9.17, 15) is 0 Å². The van der Waals surface area contributed by atoms with Crippen molar-refractivity contribution in [1.82, 2.24) is 0 Å². The third-order valence-electron chi connectivity index (χ3n) is 1.92. The highest BCUT2D eigenvalue weighted by Crippen LogP contribution is 2.05. The molecular weight excluding hydrogens is 224 g/mol. The summed E-state index contributed by atoms with van der Waals surface area (Å²) in [4.78, 5) is 7.91. The molecule has 1 unspecified atom stereocenters. The molecule has 0 aliphatic rings. The molecule has 0 aliphatic carbocycles. The maximum Gasteiger partial charge on any atom is 0.0846 e. The van der Waals surface area contributed by atoms with Crippen molar-refractivity contribution in [2.75, 3.05) is 6.54 Å². The topological polar surface area (TPSA) is 24.7 Å². The molecule has 4 heteroatoms. The number of hydrogen-bond acceptors (Lipinski definition) is 4. The van der Waals surface area contributed by atoms with Gasteiger partial charge in [0.05, 0.1) is 22.9 Å². The lowest BCUT2D eigenvalue weighted by molar-refractivity contribution is 0.689. The maximum absolute atomic E-state index is 4.59. The van der Waals surface area contributed by atoms with E-state index in [1.54, 1.807) is 0 Å². The zero-order chi connectivity index (χ0) is 10.9. The van der Waals surface area contributed by atoms with Gasteiger partial charge < -0.3 is 0 Å². The second-order valence-corrected chi connectivity index (χ2v) is 3.36. The lowest BCUT2D eigenvalue weighted by Crippen LogP contribution is -2.12. The minimum absolute atomic E-state index is 0.0142. The van der Waals surface area contributed by atoms with E-state index in [-0.39, 0.29) is 6.04 Å². The third-order valence-corrected chi connectivity index (χ3v) is 2.15. The molecule has 0 saturated carbocycles. The summed E-state index contributed by atoms with van der Waals surface area (Å²) in [6.45, 7) is 0.516. The van der Waals surface area contributed by atoms with E-state index < -0.39 is 0 Å². The summed E-state index contributed by atoms with van der Waals surface area (Å²) in [7, 11) is 0.